The molecule has 2 rings (SSSR count). The van der Waals surface area contributed by atoms with Gasteiger partial charge in [-0.05, 0) is 29.5 Å². The molecule has 0 saturated heterocycles. The lowest BCUT2D eigenvalue weighted by atomic mass is 10.3. The summed E-state index contributed by atoms with van der Waals surface area (Å²) in [6, 6.07) is 7.67. The summed E-state index contributed by atoms with van der Waals surface area (Å²) in [7, 11) is 0. The lowest BCUT2D eigenvalue weighted by molar-refractivity contribution is -0.159. The maximum absolute atomic E-state index is 9.10. The molecular weight excluding hydrogens is 338 g/mol. The molecule has 0 amide bonds. The van der Waals surface area contributed by atoms with Gasteiger partial charge in [-0.25, -0.2) is 9.59 Å². The summed E-state index contributed by atoms with van der Waals surface area (Å²) >= 11 is 1.52. The van der Waals surface area contributed by atoms with Gasteiger partial charge in [-0.1, -0.05) is 23.9 Å². The van der Waals surface area contributed by atoms with E-state index in [0.29, 0.717) is 18.3 Å². The average molecular weight is 355 g/mol. The maximum Gasteiger partial charge on any atom is 0.414 e. The van der Waals surface area contributed by atoms with Crippen molar-refractivity contribution < 1.29 is 24.5 Å². The summed E-state index contributed by atoms with van der Waals surface area (Å²) in [6.07, 6.45) is 0. The van der Waals surface area contributed by atoms with Crippen molar-refractivity contribution in [2.24, 2.45) is 5.73 Å². The number of benzene rings is 1. The molecule has 0 radical (unpaired) electrons. The van der Waals surface area contributed by atoms with Crippen LogP contribution in [0.3, 0.4) is 0 Å². The van der Waals surface area contributed by atoms with Gasteiger partial charge < -0.3 is 20.7 Å². The van der Waals surface area contributed by atoms with Crippen LogP contribution in [0, 0.1) is 0 Å². The smallest absolute Gasteiger partial charge is 0.414 e. The Hall–Kier alpha value is -2.66. The number of ether oxygens (including phenoxy) is 1. The van der Waals surface area contributed by atoms with Gasteiger partial charge in [0.2, 0.25) is 5.16 Å². The van der Waals surface area contributed by atoms with Crippen LogP contribution in [0.2, 0.25) is 0 Å². The van der Waals surface area contributed by atoms with Crippen LogP contribution in [0.1, 0.15) is 6.92 Å². The average Bonchev–Trinajstić information content (AvgIpc) is 3.02. The zero-order valence-electron chi connectivity index (χ0n) is 12.8. The van der Waals surface area contributed by atoms with Gasteiger partial charge in [0.1, 0.15) is 11.4 Å². The lowest BCUT2D eigenvalue weighted by Gasteiger charge is -2.10. The van der Waals surface area contributed by atoms with Gasteiger partial charge in [0, 0.05) is 12.3 Å². The van der Waals surface area contributed by atoms with Gasteiger partial charge >= 0.3 is 11.9 Å². The van der Waals surface area contributed by atoms with E-state index in [2.05, 4.69) is 15.5 Å². The molecule has 1 heterocycles. The fourth-order valence-corrected chi connectivity index (χ4v) is 2.13. The van der Waals surface area contributed by atoms with Gasteiger partial charge in [-0.15, -0.1) is 5.10 Å². The molecule has 24 heavy (non-hydrogen) atoms. The third-order valence-corrected chi connectivity index (χ3v) is 3.32. The minimum atomic E-state index is -1.82. The van der Waals surface area contributed by atoms with Crippen LogP contribution < -0.4 is 10.5 Å². The van der Waals surface area contributed by atoms with Crippen LogP contribution in [0.4, 0.5) is 0 Å². The highest BCUT2D eigenvalue weighted by molar-refractivity contribution is 7.99. The number of aliphatic carboxylic acids is 2. The van der Waals surface area contributed by atoms with Gasteiger partial charge in [0.25, 0.3) is 0 Å². The number of hydrogen-bond donors (Lipinski definition) is 3. The van der Waals surface area contributed by atoms with Crippen molar-refractivity contribution in [2.75, 3.05) is 18.9 Å². The molecule has 0 fully saturated rings. The normalized spacial score (nSPS) is 9.75. The number of para-hydroxylation sites is 2. The molecule has 1 aromatic heterocycles. The molecule has 130 valence electrons. The topological polar surface area (TPSA) is 153 Å². The number of carboxylic acids is 2. The Morgan fingerprint density at radius 2 is 1.96 bits per heavy atom. The van der Waals surface area contributed by atoms with Crippen LogP contribution in [-0.2, 0) is 9.59 Å². The second-order valence-electron chi connectivity index (χ2n) is 4.02. The summed E-state index contributed by atoms with van der Waals surface area (Å²) in [5.74, 6) is -2.11. The third kappa shape index (κ3) is 5.85. The Balaban J connectivity index is 0.000000413. The van der Waals surface area contributed by atoms with Crippen molar-refractivity contribution in [2.45, 2.75) is 12.1 Å². The second kappa shape index (κ2) is 10.2. The predicted octanol–water partition coefficient (Wildman–Crippen LogP) is 0.267. The number of carboxylic acid groups (broad SMARTS) is 2. The summed E-state index contributed by atoms with van der Waals surface area (Å²) < 4.78 is 7.24. The van der Waals surface area contributed by atoms with E-state index < -0.39 is 11.9 Å². The van der Waals surface area contributed by atoms with Crippen molar-refractivity contribution in [3.05, 3.63) is 24.3 Å². The number of hydrogen-bond acceptors (Lipinski definition) is 8. The minimum absolute atomic E-state index is 0.588. The van der Waals surface area contributed by atoms with E-state index in [1.54, 1.807) is 4.68 Å². The van der Waals surface area contributed by atoms with E-state index >= 15 is 0 Å². The zero-order chi connectivity index (χ0) is 17.9. The van der Waals surface area contributed by atoms with Crippen molar-refractivity contribution >= 4 is 23.7 Å². The monoisotopic (exact) mass is 355 g/mol. The largest absolute Gasteiger partial charge is 0.492 e. The number of tetrazole rings is 1. The number of rotatable bonds is 6. The molecule has 4 N–H and O–H groups in total. The highest BCUT2D eigenvalue weighted by atomic mass is 32.2. The number of carbonyl (C=O) groups is 2. The van der Waals surface area contributed by atoms with E-state index in [0.717, 1.165) is 17.2 Å². The van der Waals surface area contributed by atoms with Crippen molar-refractivity contribution in [3.8, 4) is 11.4 Å². The summed E-state index contributed by atoms with van der Waals surface area (Å²) in [4.78, 5) is 18.2. The van der Waals surface area contributed by atoms with E-state index in [-0.39, 0.29) is 0 Å². The van der Waals surface area contributed by atoms with Crippen LogP contribution in [0.15, 0.2) is 29.4 Å². The van der Waals surface area contributed by atoms with E-state index in [1.165, 1.54) is 11.8 Å². The maximum atomic E-state index is 9.10. The Kier molecular flexibility index (Phi) is 8.22. The Labute approximate surface area is 141 Å². The van der Waals surface area contributed by atoms with E-state index in [1.807, 2.05) is 31.2 Å². The molecule has 0 unspecified atom stereocenters. The van der Waals surface area contributed by atoms with Gasteiger partial charge in [-0.3, -0.25) is 0 Å². The fourth-order valence-electron chi connectivity index (χ4n) is 1.48. The van der Waals surface area contributed by atoms with Crippen LogP contribution in [0.5, 0.6) is 5.75 Å². The summed E-state index contributed by atoms with van der Waals surface area (Å²) in [6.45, 7) is 3.13. The van der Waals surface area contributed by atoms with Crippen molar-refractivity contribution in [3.63, 3.8) is 0 Å². The fraction of sp³-hybridized carbons (Fsp3) is 0.308. The van der Waals surface area contributed by atoms with Crippen molar-refractivity contribution in [1.29, 1.82) is 0 Å². The molecule has 10 nitrogen and oxygen atoms in total. The molecule has 0 saturated carbocycles. The molecule has 0 aliphatic heterocycles. The molecule has 11 heteroatoms. The number of nitrogens with two attached hydrogens (primary N) is 1. The highest BCUT2D eigenvalue weighted by Gasteiger charge is 2.12. The molecule has 1 aromatic carbocycles. The molecular formula is C13H17N5O5S. The first-order chi connectivity index (χ1) is 11.5. The number of nitrogens with zero attached hydrogens (tertiary/aromatic N) is 4. The Morgan fingerprint density at radius 3 is 2.54 bits per heavy atom. The standard InChI is InChI=1S/C11H15N5OS.C2H2O4/c1-2-17-10-6-4-3-5-9(10)16-11(13-14-15-16)18-8-7-12;3-1(4)2(5)6/h3-6H,2,7-8,12H2,1H3;(H,3,4)(H,5,6). The third-order valence-electron chi connectivity index (χ3n) is 2.37. The first-order valence-corrected chi connectivity index (χ1v) is 7.79. The molecule has 0 atom stereocenters. The van der Waals surface area contributed by atoms with E-state index in [9.17, 15) is 0 Å². The Morgan fingerprint density at radius 1 is 1.29 bits per heavy atom. The first kappa shape index (κ1) is 19.4. The number of aromatic nitrogens is 4. The molecule has 0 aliphatic rings. The highest BCUT2D eigenvalue weighted by Crippen LogP contribution is 2.25. The van der Waals surface area contributed by atoms with Gasteiger partial charge in [-0.2, -0.15) is 4.68 Å². The van der Waals surface area contributed by atoms with Gasteiger partial charge in [0.05, 0.1) is 6.61 Å². The Bertz CT molecular complexity index is 666. The van der Waals surface area contributed by atoms with Crippen LogP contribution in [0.25, 0.3) is 5.69 Å². The lowest BCUT2D eigenvalue weighted by Crippen LogP contribution is -2.09. The van der Waals surface area contributed by atoms with Crippen molar-refractivity contribution in [1.82, 2.24) is 20.2 Å². The molecule has 2 aromatic rings. The summed E-state index contributed by atoms with van der Waals surface area (Å²) in [5.41, 5.74) is 6.33. The zero-order valence-corrected chi connectivity index (χ0v) is 13.6. The van der Waals surface area contributed by atoms with Crippen LogP contribution >= 0.6 is 11.8 Å². The quantitative estimate of drug-likeness (QED) is 0.486. The van der Waals surface area contributed by atoms with E-state index in [4.69, 9.17) is 30.3 Å². The molecule has 0 bridgehead atoms. The second-order valence-corrected chi connectivity index (χ2v) is 5.08. The van der Waals surface area contributed by atoms with Gasteiger partial charge in [0.15, 0.2) is 0 Å². The SMILES string of the molecule is CCOc1ccccc1-n1nnnc1SCCN.O=C(O)C(=O)O. The summed E-state index contributed by atoms with van der Waals surface area (Å²) in [5, 5.41) is 27.2. The molecule has 0 spiro atoms. The molecule has 0 aliphatic carbocycles. The minimum Gasteiger partial charge on any atom is -0.492 e. The first-order valence-electron chi connectivity index (χ1n) is 6.80. The predicted molar refractivity (Wildman–Crippen MR) is 85.4 cm³/mol. The number of thioether (sulfide) groups is 1. The van der Waals surface area contributed by atoms with Crippen LogP contribution in [-0.4, -0.2) is 61.3 Å².